The van der Waals surface area contributed by atoms with E-state index in [1.165, 1.54) is 0 Å². The highest BCUT2D eigenvalue weighted by Crippen LogP contribution is 2.45. The van der Waals surface area contributed by atoms with Crippen molar-refractivity contribution >= 4 is 11.9 Å². The maximum absolute atomic E-state index is 13.1. The number of nitrogens with zero attached hydrogens (tertiary/aromatic N) is 1. The number of carboxylic acid groups (broad SMARTS) is 1. The van der Waals surface area contributed by atoms with Crippen molar-refractivity contribution in [1.82, 2.24) is 4.90 Å². The number of carbonyl (C=O) groups excluding carboxylic acids is 1. The lowest BCUT2D eigenvalue weighted by Gasteiger charge is -2.27. The van der Waals surface area contributed by atoms with E-state index in [4.69, 9.17) is 5.11 Å². The Bertz CT molecular complexity index is 642. The predicted molar refractivity (Wildman–Crippen MR) is 76.9 cm³/mol. The van der Waals surface area contributed by atoms with Crippen LogP contribution in [0.1, 0.15) is 23.1 Å². The normalized spacial score (nSPS) is 21.5. The van der Waals surface area contributed by atoms with Gasteiger partial charge >= 0.3 is 12.1 Å². The summed E-state index contributed by atoms with van der Waals surface area (Å²) in [5, 5.41) is 9.01. The first-order valence-electron chi connectivity index (χ1n) is 7.21. The summed E-state index contributed by atoms with van der Waals surface area (Å²) in [5.74, 6) is -2.40. The number of rotatable bonds is 3. The van der Waals surface area contributed by atoms with E-state index in [1.54, 1.807) is 0 Å². The second-order valence-electron chi connectivity index (χ2n) is 6.06. The first kappa shape index (κ1) is 17.3. The van der Waals surface area contributed by atoms with Crippen molar-refractivity contribution in [3.05, 3.63) is 34.9 Å². The summed E-state index contributed by atoms with van der Waals surface area (Å²) in [6.45, 7) is 2.66. The van der Waals surface area contributed by atoms with Crippen LogP contribution in [0.3, 0.4) is 0 Å². The van der Waals surface area contributed by atoms with Crippen molar-refractivity contribution in [3.63, 3.8) is 0 Å². The van der Waals surface area contributed by atoms with Gasteiger partial charge in [-0.15, -0.1) is 0 Å². The SMILES string of the molecule is Cc1ccc(C)c(CC(=O)N2CCC(C(=O)O)(C(F)(F)F)C2)c1. The standard InChI is InChI=1S/C16H18F3NO3/c1-10-3-4-11(2)12(7-10)8-13(21)20-6-5-15(9-20,14(22)23)16(17,18)19/h3-4,7H,5-6,8-9H2,1-2H3,(H,22,23). The second kappa shape index (κ2) is 5.86. The quantitative estimate of drug-likeness (QED) is 0.928. The van der Waals surface area contributed by atoms with Gasteiger partial charge in [0.25, 0.3) is 0 Å². The zero-order valence-electron chi connectivity index (χ0n) is 12.9. The molecule has 1 aromatic carbocycles. The number of carboxylic acids is 1. The van der Waals surface area contributed by atoms with Crippen LogP contribution in [0, 0.1) is 19.3 Å². The molecular weight excluding hydrogens is 311 g/mol. The lowest BCUT2D eigenvalue weighted by Crippen LogP contribution is -2.47. The average Bonchev–Trinajstić information content (AvgIpc) is 2.89. The topological polar surface area (TPSA) is 57.6 Å². The Kier molecular flexibility index (Phi) is 4.41. The highest BCUT2D eigenvalue weighted by atomic mass is 19.4. The van der Waals surface area contributed by atoms with Crippen molar-refractivity contribution < 1.29 is 27.9 Å². The van der Waals surface area contributed by atoms with Gasteiger partial charge in [-0.3, -0.25) is 9.59 Å². The zero-order valence-corrected chi connectivity index (χ0v) is 12.9. The van der Waals surface area contributed by atoms with Gasteiger partial charge in [0.2, 0.25) is 5.91 Å². The molecular formula is C16H18F3NO3. The monoisotopic (exact) mass is 329 g/mol. The fourth-order valence-electron chi connectivity index (χ4n) is 2.82. The van der Waals surface area contributed by atoms with E-state index in [0.717, 1.165) is 21.6 Å². The maximum Gasteiger partial charge on any atom is 0.406 e. The van der Waals surface area contributed by atoms with Gasteiger partial charge in [0.05, 0.1) is 6.42 Å². The molecule has 4 nitrogen and oxygen atoms in total. The van der Waals surface area contributed by atoms with E-state index in [0.29, 0.717) is 0 Å². The number of aryl methyl sites for hydroxylation is 2. The van der Waals surface area contributed by atoms with Gasteiger partial charge in [-0.1, -0.05) is 23.8 Å². The second-order valence-corrected chi connectivity index (χ2v) is 6.06. The van der Waals surface area contributed by atoms with Gasteiger partial charge < -0.3 is 10.0 Å². The number of aliphatic carboxylic acids is 1. The summed E-state index contributed by atoms with van der Waals surface area (Å²) < 4.78 is 39.4. The van der Waals surface area contributed by atoms with Crippen LogP contribution in [-0.4, -0.2) is 41.1 Å². The lowest BCUT2D eigenvalue weighted by molar-refractivity contribution is -0.227. The first-order chi connectivity index (χ1) is 10.6. The first-order valence-corrected chi connectivity index (χ1v) is 7.21. The van der Waals surface area contributed by atoms with Crippen molar-refractivity contribution in [2.45, 2.75) is 32.9 Å². The van der Waals surface area contributed by atoms with Crippen molar-refractivity contribution in [2.75, 3.05) is 13.1 Å². The molecule has 1 N–H and O–H groups in total. The summed E-state index contributed by atoms with van der Waals surface area (Å²) in [6, 6.07) is 5.55. The molecule has 0 radical (unpaired) electrons. The zero-order chi connectivity index (χ0) is 17.4. The minimum atomic E-state index is -4.88. The molecule has 1 aliphatic rings. The molecule has 1 amide bonds. The molecule has 1 unspecified atom stereocenters. The van der Waals surface area contributed by atoms with Crippen LogP contribution >= 0.6 is 0 Å². The van der Waals surface area contributed by atoms with E-state index in [1.807, 2.05) is 32.0 Å². The number of likely N-dealkylation sites (tertiary alicyclic amines) is 1. The van der Waals surface area contributed by atoms with Crippen LogP contribution in [0.4, 0.5) is 13.2 Å². The molecule has 2 rings (SSSR count). The minimum Gasteiger partial charge on any atom is -0.481 e. The smallest absolute Gasteiger partial charge is 0.406 e. The maximum atomic E-state index is 13.1. The Balaban J connectivity index is 2.16. The van der Waals surface area contributed by atoms with Crippen LogP contribution in [0.5, 0.6) is 0 Å². The molecule has 0 bridgehead atoms. The van der Waals surface area contributed by atoms with E-state index >= 15 is 0 Å². The number of alkyl halides is 3. The molecule has 126 valence electrons. The van der Waals surface area contributed by atoms with Crippen LogP contribution in [0.2, 0.25) is 0 Å². The lowest BCUT2D eigenvalue weighted by atomic mass is 9.86. The molecule has 0 spiro atoms. The van der Waals surface area contributed by atoms with Crippen molar-refractivity contribution in [1.29, 1.82) is 0 Å². The summed E-state index contributed by atoms with van der Waals surface area (Å²) in [5.41, 5.74) is -0.280. The van der Waals surface area contributed by atoms with Gasteiger partial charge in [0.1, 0.15) is 0 Å². The number of carbonyl (C=O) groups is 2. The molecule has 1 aliphatic heterocycles. The molecule has 1 heterocycles. The fraction of sp³-hybridized carbons (Fsp3) is 0.500. The van der Waals surface area contributed by atoms with Crippen molar-refractivity contribution in [2.24, 2.45) is 5.41 Å². The molecule has 1 saturated heterocycles. The van der Waals surface area contributed by atoms with E-state index in [-0.39, 0.29) is 13.0 Å². The van der Waals surface area contributed by atoms with Crippen molar-refractivity contribution in [3.8, 4) is 0 Å². The molecule has 0 aliphatic carbocycles. The fourth-order valence-corrected chi connectivity index (χ4v) is 2.82. The number of hydrogen-bond donors (Lipinski definition) is 1. The highest BCUT2D eigenvalue weighted by molar-refractivity contribution is 5.82. The third-order valence-corrected chi connectivity index (χ3v) is 4.42. The van der Waals surface area contributed by atoms with Gasteiger partial charge in [-0.25, -0.2) is 0 Å². The molecule has 0 saturated carbocycles. The molecule has 1 fully saturated rings. The summed E-state index contributed by atoms with van der Waals surface area (Å²) in [4.78, 5) is 24.4. The van der Waals surface area contributed by atoms with Gasteiger partial charge in [-0.05, 0) is 31.4 Å². The van der Waals surface area contributed by atoms with Gasteiger partial charge in [0.15, 0.2) is 5.41 Å². The van der Waals surface area contributed by atoms with E-state index in [9.17, 15) is 22.8 Å². The van der Waals surface area contributed by atoms with Gasteiger partial charge in [0, 0.05) is 13.1 Å². The summed E-state index contributed by atoms with van der Waals surface area (Å²) in [7, 11) is 0. The summed E-state index contributed by atoms with van der Waals surface area (Å²) in [6.07, 6.45) is -5.52. The van der Waals surface area contributed by atoms with Gasteiger partial charge in [-0.2, -0.15) is 13.2 Å². The molecule has 7 heteroatoms. The van der Waals surface area contributed by atoms with Crippen LogP contribution in [0.15, 0.2) is 18.2 Å². The number of hydrogen-bond acceptors (Lipinski definition) is 2. The summed E-state index contributed by atoms with van der Waals surface area (Å²) >= 11 is 0. The Morgan fingerprint density at radius 3 is 2.48 bits per heavy atom. The third-order valence-electron chi connectivity index (χ3n) is 4.42. The Morgan fingerprint density at radius 2 is 1.96 bits per heavy atom. The number of halogens is 3. The Labute approximate surface area is 131 Å². The third kappa shape index (κ3) is 3.18. The van der Waals surface area contributed by atoms with E-state index < -0.39 is 36.4 Å². The molecule has 1 aromatic rings. The molecule has 23 heavy (non-hydrogen) atoms. The van der Waals surface area contributed by atoms with Crippen LogP contribution < -0.4 is 0 Å². The Hall–Kier alpha value is -2.05. The Morgan fingerprint density at radius 1 is 1.30 bits per heavy atom. The number of amides is 1. The van der Waals surface area contributed by atoms with Crippen LogP contribution in [0.25, 0.3) is 0 Å². The number of benzene rings is 1. The largest absolute Gasteiger partial charge is 0.481 e. The molecule has 1 atom stereocenters. The highest BCUT2D eigenvalue weighted by Gasteiger charge is 2.64. The predicted octanol–water partition coefficient (Wildman–Crippen LogP) is 2.71. The minimum absolute atomic E-state index is 0.0267. The average molecular weight is 329 g/mol. The van der Waals surface area contributed by atoms with E-state index in [2.05, 4.69) is 0 Å². The molecule has 0 aromatic heterocycles. The van der Waals surface area contributed by atoms with Crippen LogP contribution in [-0.2, 0) is 16.0 Å².